The normalized spacial score (nSPS) is 10.8. The first-order valence-corrected chi connectivity index (χ1v) is 7.43. The molecule has 2 aromatic carbocycles. The third kappa shape index (κ3) is 4.81. The number of nitrogens with one attached hydrogen (secondary N) is 1. The lowest BCUT2D eigenvalue weighted by Crippen LogP contribution is -2.18. The molecule has 0 saturated heterocycles. The SMILES string of the molecule is COCCNCc1cc(F)c(Sc2ccccc2)c(F)c1. The highest BCUT2D eigenvalue weighted by Crippen LogP contribution is 2.32. The molecule has 2 nitrogen and oxygen atoms in total. The molecule has 2 rings (SSSR count). The van der Waals surface area contributed by atoms with Crippen molar-refractivity contribution in [2.45, 2.75) is 16.3 Å². The fraction of sp³-hybridized carbons (Fsp3) is 0.250. The Morgan fingerprint density at radius 1 is 1.10 bits per heavy atom. The first-order valence-electron chi connectivity index (χ1n) is 6.61. The molecule has 112 valence electrons. The molecule has 1 N–H and O–H groups in total. The smallest absolute Gasteiger partial charge is 0.140 e. The van der Waals surface area contributed by atoms with Crippen molar-refractivity contribution in [2.75, 3.05) is 20.3 Å². The van der Waals surface area contributed by atoms with E-state index in [9.17, 15) is 8.78 Å². The number of rotatable bonds is 7. The van der Waals surface area contributed by atoms with Crippen LogP contribution in [0.5, 0.6) is 0 Å². The van der Waals surface area contributed by atoms with Gasteiger partial charge in [0.1, 0.15) is 11.6 Å². The molecule has 0 bridgehead atoms. The van der Waals surface area contributed by atoms with E-state index in [-0.39, 0.29) is 4.90 Å². The third-order valence-electron chi connectivity index (χ3n) is 2.83. The van der Waals surface area contributed by atoms with Gasteiger partial charge in [0.25, 0.3) is 0 Å². The summed E-state index contributed by atoms with van der Waals surface area (Å²) in [6.07, 6.45) is 0. The number of benzene rings is 2. The van der Waals surface area contributed by atoms with Gasteiger partial charge in [-0.15, -0.1) is 0 Å². The maximum absolute atomic E-state index is 14.1. The average Bonchev–Trinajstić information content (AvgIpc) is 2.48. The summed E-state index contributed by atoms with van der Waals surface area (Å²) >= 11 is 1.09. The van der Waals surface area contributed by atoms with E-state index in [2.05, 4.69) is 5.32 Å². The van der Waals surface area contributed by atoms with E-state index in [1.165, 1.54) is 12.1 Å². The number of hydrogen-bond acceptors (Lipinski definition) is 3. The van der Waals surface area contributed by atoms with Crippen LogP contribution in [0.4, 0.5) is 8.78 Å². The molecule has 0 aromatic heterocycles. The Bertz CT molecular complexity index is 555. The molecule has 0 aliphatic carbocycles. The highest BCUT2D eigenvalue weighted by molar-refractivity contribution is 7.99. The van der Waals surface area contributed by atoms with Crippen LogP contribution < -0.4 is 5.32 Å². The van der Waals surface area contributed by atoms with Crippen molar-refractivity contribution in [3.63, 3.8) is 0 Å². The fourth-order valence-corrected chi connectivity index (χ4v) is 2.67. The molecule has 0 heterocycles. The van der Waals surface area contributed by atoms with Gasteiger partial charge in [-0.05, 0) is 29.8 Å². The Kier molecular flexibility index (Phi) is 6.17. The van der Waals surface area contributed by atoms with Crippen molar-refractivity contribution < 1.29 is 13.5 Å². The summed E-state index contributed by atoms with van der Waals surface area (Å²) in [5.41, 5.74) is 0.582. The molecule has 0 fully saturated rings. The van der Waals surface area contributed by atoms with Crippen LogP contribution in [0.2, 0.25) is 0 Å². The predicted octanol–water partition coefficient (Wildman–Crippen LogP) is 3.85. The first kappa shape index (κ1) is 15.9. The van der Waals surface area contributed by atoms with Crippen molar-refractivity contribution in [1.82, 2.24) is 5.32 Å². The predicted molar refractivity (Wildman–Crippen MR) is 80.5 cm³/mol. The summed E-state index contributed by atoms with van der Waals surface area (Å²) in [5, 5.41) is 3.06. The summed E-state index contributed by atoms with van der Waals surface area (Å²) in [7, 11) is 1.61. The number of halogens is 2. The zero-order valence-corrected chi connectivity index (χ0v) is 12.6. The molecule has 0 saturated carbocycles. The van der Waals surface area contributed by atoms with Crippen molar-refractivity contribution in [3.05, 3.63) is 59.7 Å². The van der Waals surface area contributed by atoms with E-state index >= 15 is 0 Å². The van der Waals surface area contributed by atoms with Crippen LogP contribution >= 0.6 is 11.8 Å². The number of methoxy groups -OCH3 is 1. The number of ether oxygens (including phenoxy) is 1. The van der Waals surface area contributed by atoms with Crippen LogP contribution in [0.1, 0.15) is 5.56 Å². The monoisotopic (exact) mass is 309 g/mol. The summed E-state index contributed by atoms with van der Waals surface area (Å²) in [4.78, 5) is 0.836. The second kappa shape index (κ2) is 8.12. The Hall–Kier alpha value is -1.43. The standard InChI is InChI=1S/C16H17F2NOS/c1-20-8-7-19-11-12-9-14(17)16(15(18)10-12)21-13-5-3-2-4-6-13/h2-6,9-10,19H,7-8,11H2,1H3. The van der Waals surface area contributed by atoms with Gasteiger partial charge in [-0.3, -0.25) is 0 Å². The van der Waals surface area contributed by atoms with Crippen molar-refractivity contribution in [1.29, 1.82) is 0 Å². The molecule has 0 aliphatic rings. The largest absolute Gasteiger partial charge is 0.383 e. The molecule has 21 heavy (non-hydrogen) atoms. The van der Waals surface area contributed by atoms with E-state index in [0.29, 0.717) is 25.3 Å². The van der Waals surface area contributed by atoms with Gasteiger partial charge < -0.3 is 10.1 Å². The molecular weight excluding hydrogens is 292 g/mol. The molecule has 2 aromatic rings. The van der Waals surface area contributed by atoms with Gasteiger partial charge in [0.15, 0.2) is 0 Å². The van der Waals surface area contributed by atoms with Gasteiger partial charge in [0, 0.05) is 25.1 Å². The van der Waals surface area contributed by atoms with Gasteiger partial charge in [-0.2, -0.15) is 0 Å². The van der Waals surface area contributed by atoms with Crippen LogP contribution in [0, 0.1) is 11.6 Å². The van der Waals surface area contributed by atoms with E-state index in [0.717, 1.165) is 16.7 Å². The van der Waals surface area contributed by atoms with E-state index < -0.39 is 11.6 Å². The van der Waals surface area contributed by atoms with Gasteiger partial charge in [0.05, 0.1) is 11.5 Å². The molecule has 5 heteroatoms. The lowest BCUT2D eigenvalue weighted by molar-refractivity contribution is 0.199. The van der Waals surface area contributed by atoms with Crippen molar-refractivity contribution >= 4 is 11.8 Å². The first-order chi connectivity index (χ1) is 10.2. The molecule has 0 atom stereocenters. The summed E-state index contributed by atoms with van der Waals surface area (Å²) < 4.78 is 33.0. The highest BCUT2D eigenvalue weighted by Gasteiger charge is 2.12. The Morgan fingerprint density at radius 3 is 2.38 bits per heavy atom. The fourth-order valence-electron chi connectivity index (χ4n) is 1.83. The van der Waals surface area contributed by atoms with Gasteiger partial charge in [0.2, 0.25) is 0 Å². The average molecular weight is 309 g/mol. The zero-order valence-electron chi connectivity index (χ0n) is 11.7. The zero-order chi connectivity index (χ0) is 15.1. The van der Waals surface area contributed by atoms with E-state index in [1.54, 1.807) is 7.11 Å². The molecule has 0 aliphatic heterocycles. The van der Waals surface area contributed by atoms with Crippen LogP contribution in [0.3, 0.4) is 0 Å². The van der Waals surface area contributed by atoms with Gasteiger partial charge >= 0.3 is 0 Å². The van der Waals surface area contributed by atoms with Crippen LogP contribution in [0.15, 0.2) is 52.3 Å². The minimum absolute atomic E-state index is 0.0295. The van der Waals surface area contributed by atoms with Crippen LogP contribution in [-0.4, -0.2) is 20.3 Å². The van der Waals surface area contributed by atoms with Crippen LogP contribution in [0.25, 0.3) is 0 Å². The third-order valence-corrected chi connectivity index (χ3v) is 3.94. The van der Waals surface area contributed by atoms with Gasteiger partial charge in [-0.25, -0.2) is 8.78 Å². The minimum Gasteiger partial charge on any atom is -0.383 e. The molecular formula is C16H17F2NOS. The second-order valence-corrected chi connectivity index (χ2v) is 5.56. The summed E-state index contributed by atoms with van der Waals surface area (Å²) in [5.74, 6) is -1.07. The Balaban J connectivity index is 2.06. The van der Waals surface area contributed by atoms with E-state index in [1.807, 2.05) is 30.3 Å². The summed E-state index contributed by atoms with van der Waals surface area (Å²) in [6.45, 7) is 1.61. The molecule has 0 amide bonds. The quantitative estimate of drug-likeness (QED) is 0.785. The Labute approximate surface area is 127 Å². The van der Waals surface area contributed by atoms with E-state index in [4.69, 9.17) is 4.74 Å². The van der Waals surface area contributed by atoms with Crippen molar-refractivity contribution in [2.24, 2.45) is 0 Å². The maximum Gasteiger partial charge on any atom is 0.140 e. The minimum atomic E-state index is -0.535. The second-order valence-electron chi connectivity index (χ2n) is 4.47. The lowest BCUT2D eigenvalue weighted by atomic mass is 10.2. The highest BCUT2D eigenvalue weighted by atomic mass is 32.2. The lowest BCUT2D eigenvalue weighted by Gasteiger charge is -2.09. The summed E-state index contributed by atoms with van der Waals surface area (Å²) in [6, 6.07) is 11.9. The topological polar surface area (TPSA) is 21.3 Å². The Morgan fingerprint density at radius 2 is 1.76 bits per heavy atom. The number of hydrogen-bond donors (Lipinski definition) is 1. The molecule has 0 radical (unpaired) electrons. The molecule has 0 spiro atoms. The van der Waals surface area contributed by atoms with Gasteiger partial charge in [-0.1, -0.05) is 30.0 Å². The van der Waals surface area contributed by atoms with Crippen molar-refractivity contribution in [3.8, 4) is 0 Å². The molecule has 0 unspecified atom stereocenters. The van der Waals surface area contributed by atoms with Crippen LogP contribution in [-0.2, 0) is 11.3 Å². The maximum atomic E-state index is 14.1.